The lowest BCUT2D eigenvalue weighted by molar-refractivity contribution is -0.141. The molecule has 0 radical (unpaired) electrons. The van der Waals surface area contributed by atoms with Crippen molar-refractivity contribution in [2.75, 3.05) is 6.54 Å². The third-order valence-electron chi connectivity index (χ3n) is 7.63. The maximum Gasteiger partial charge on any atom is 0.271 e. The first kappa shape index (κ1) is 34.0. The Labute approximate surface area is 269 Å². The van der Waals surface area contributed by atoms with E-state index in [1.165, 1.54) is 16.2 Å². The summed E-state index contributed by atoms with van der Waals surface area (Å²) in [4.78, 5) is 89.0. The monoisotopic (exact) mass is 660 g/mol. The van der Waals surface area contributed by atoms with E-state index in [0.717, 1.165) is 11.3 Å². The van der Waals surface area contributed by atoms with Crippen LogP contribution >= 0.6 is 22.7 Å². The lowest BCUT2D eigenvalue weighted by atomic mass is 10.0. The number of primary amides is 1. The minimum Gasteiger partial charge on any atom is -0.370 e. The van der Waals surface area contributed by atoms with Crippen molar-refractivity contribution >= 4 is 58.1 Å². The van der Waals surface area contributed by atoms with E-state index in [1.54, 1.807) is 24.6 Å². The number of nitrogens with two attached hydrogens (primary N) is 1. The van der Waals surface area contributed by atoms with Crippen LogP contribution in [0.2, 0.25) is 0 Å². The van der Waals surface area contributed by atoms with Crippen LogP contribution in [-0.4, -0.2) is 75.0 Å². The molecule has 6 N–H and O–H groups in total. The van der Waals surface area contributed by atoms with Gasteiger partial charge in [0, 0.05) is 23.7 Å². The highest BCUT2D eigenvalue weighted by atomic mass is 32.1. The molecule has 0 unspecified atom stereocenters. The average Bonchev–Trinajstić information content (AvgIpc) is 3.76. The van der Waals surface area contributed by atoms with Crippen molar-refractivity contribution in [3.8, 4) is 0 Å². The van der Waals surface area contributed by atoms with Crippen LogP contribution in [0.15, 0.2) is 10.8 Å². The van der Waals surface area contributed by atoms with Gasteiger partial charge in [0.25, 0.3) is 11.8 Å². The maximum absolute atomic E-state index is 13.8. The third kappa shape index (κ3) is 8.63. The molecular formula is C29H40N8O6S2. The van der Waals surface area contributed by atoms with Gasteiger partial charge in [-0.25, -0.2) is 9.97 Å². The summed E-state index contributed by atoms with van der Waals surface area (Å²) < 4.78 is 0. The fourth-order valence-electron chi connectivity index (χ4n) is 5.29. The maximum atomic E-state index is 13.8. The van der Waals surface area contributed by atoms with Gasteiger partial charge in [0.2, 0.25) is 23.6 Å². The molecule has 4 heterocycles. The molecule has 2 aliphatic heterocycles. The summed E-state index contributed by atoms with van der Waals surface area (Å²) in [6.45, 7) is 7.82. The standard InChI is InChI=1S/C29H40N8O6S2/c1-14(2)10-17-25(40)33-16(7-8-21(30)38)28-35-18(13-45-28)24(39)31-11-22-32-19(12-44-22)26(41)36-23(15(3)4)29(43)37-9-5-6-20(37)27(42)34-17/h12-17,20,23H,5-11H2,1-4H3,(H2,30,38)(H,31,39)(H,33,40)(H,34,42)(H,36,41)/t16-,17+,20+,23+/m1/s1. The quantitative estimate of drug-likeness (QED) is 0.304. The summed E-state index contributed by atoms with van der Waals surface area (Å²) in [6.07, 6.45) is 1.41. The van der Waals surface area contributed by atoms with Gasteiger partial charge in [0.05, 0.1) is 12.6 Å². The van der Waals surface area contributed by atoms with Crippen molar-refractivity contribution in [3.05, 3.63) is 32.2 Å². The number of amides is 6. The summed E-state index contributed by atoms with van der Waals surface area (Å²) in [7, 11) is 0. The van der Waals surface area contributed by atoms with Crippen molar-refractivity contribution in [1.82, 2.24) is 36.1 Å². The van der Waals surface area contributed by atoms with Crippen LogP contribution in [0.3, 0.4) is 0 Å². The van der Waals surface area contributed by atoms with Crippen molar-refractivity contribution in [2.45, 2.75) is 90.5 Å². The zero-order valence-electron chi connectivity index (χ0n) is 25.8. The second-order valence-electron chi connectivity index (χ2n) is 12.0. The molecule has 0 aliphatic carbocycles. The van der Waals surface area contributed by atoms with Crippen LogP contribution < -0.4 is 27.0 Å². The van der Waals surface area contributed by atoms with Gasteiger partial charge in [0.1, 0.15) is 39.5 Å². The molecule has 0 saturated carbocycles. The Morgan fingerprint density at radius 1 is 0.956 bits per heavy atom. The van der Waals surface area contributed by atoms with E-state index in [-0.39, 0.29) is 48.5 Å². The predicted octanol–water partition coefficient (Wildman–Crippen LogP) is 1.24. The van der Waals surface area contributed by atoms with E-state index in [2.05, 4.69) is 31.2 Å². The van der Waals surface area contributed by atoms with Crippen LogP contribution in [0.1, 0.15) is 96.8 Å². The average molecular weight is 661 g/mol. The lowest BCUT2D eigenvalue weighted by Gasteiger charge is -2.31. The first-order valence-corrected chi connectivity index (χ1v) is 16.8. The van der Waals surface area contributed by atoms with Gasteiger partial charge >= 0.3 is 0 Å². The van der Waals surface area contributed by atoms with Gasteiger partial charge in [-0.05, 0) is 37.5 Å². The molecule has 2 aromatic rings. The Morgan fingerprint density at radius 2 is 1.64 bits per heavy atom. The number of hydrogen-bond acceptors (Lipinski definition) is 10. The Morgan fingerprint density at radius 3 is 2.33 bits per heavy atom. The fourth-order valence-corrected chi connectivity index (χ4v) is 6.89. The van der Waals surface area contributed by atoms with Crippen LogP contribution in [0.4, 0.5) is 0 Å². The Hall–Kier alpha value is -3.92. The molecule has 2 aromatic heterocycles. The highest BCUT2D eigenvalue weighted by Crippen LogP contribution is 2.25. The summed E-state index contributed by atoms with van der Waals surface area (Å²) in [5.41, 5.74) is 5.62. The molecule has 0 spiro atoms. The van der Waals surface area contributed by atoms with Crippen molar-refractivity contribution in [2.24, 2.45) is 17.6 Å². The van der Waals surface area contributed by atoms with E-state index in [1.807, 2.05) is 13.8 Å². The molecular weight excluding hydrogens is 621 g/mol. The predicted molar refractivity (Wildman–Crippen MR) is 167 cm³/mol. The van der Waals surface area contributed by atoms with E-state index in [0.29, 0.717) is 35.8 Å². The molecule has 2 aliphatic rings. The molecule has 4 bridgehead atoms. The van der Waals surface area contributed by atoms with E-state index >= 15 is 0 Å². The fraction of sp³-hybridized carbons (Fsp3) is 0.586. The smallest absolute Gasteiger partial charge is 0.271 e. The van der Waals surface area contributed by atoms with Crippen molar-refractivity contribution in [1.29, 1.82) is 0 Å². The minimum absolute atomic E-state index is 0.0303. The number of fused-ring (bicyclic) bond motifs is 5. The molecule has 1 saturated heterocycles. The molecule has 45 heavy (non-hydrogen) atoms. The second kappa shape index (κ2) is 14.9. The Bertz CT molecular complexity index is 1440. The zero-order valence-corrected chi connectivity index (χ0v) is 27.4. The van der Waals surface area contributed by atoms with E-state index in [4.69, 9.17) is 5.73 Å². The number of nitrogens with zero attached hydrogens (tertiary/aromatic N) is 3. The number of hydrogen-bond donors (Lipinski definition) is 5. The van der Waals surface area contributed by atoms with Gasteiger partial charge in [-0.3, -0.25) is 28.8 Å². The molecule has 4 atom stereocenters. The summed E-state index contributed by atoms with van der Waals surface area (Å²) in [6, 6.07) is -3.42. The molecule has 4 rings (SSSR count). The molecule has 16 heteroatoms. The number of carbonyl (C=O) groups excluding carboxylic acids is 6. The summed E-state index contributed by atoms with van der Waals surface area (Å²) in [5.74, 6) is -3.18. The zero-order chi connectivity index (χ0) is 32.8. The largest absolute Gasteiger partial charge is 0.370 e. The van der Waals surface area contributed by atoms with E-state index in [9.17, 15) is 28.8 Å². The second-order valence-corrected chi connectivity index (χ2v) is 13.9. The Balaban J connectivity index is 1.69. The van der Waals surface area contributed by atoms with Crippen molar-refractivity contribution in [3.63, 3.8) is 0 Å². The summed E-state index contributed by atoms with van der Waals surface area (Å²) in [5, 5.41) is 15.3. The molecule has 244 valence electrons. The van der Waals surface area contributed by atoms with Crippen LogP contribution in [-0.2, 0) is 25.7 Å². The van der Waals surface area contributed by atoms with Gasteiger partial charge in [-0.2, -0.15) is 0 Å². The van der Waals surface area contributed by atoms with Gasteiger partial charge in [-0.1, -0.05) is 27.7 Å². The number of carbonyl (C=O) groups is 6. The van der Waals surface area contributed by atoms with Crippen molar-refractivity contribution < 1.29 is 28.8 Å². The first-order chi connectivity index (χ1) is 21.3. The normalized spacial score (nSPS) is 23.6. The summed E-state index contributed by atoms with van der Waals surface area (Å²) >= 11 is 2.33. The number of nitrogens with one attached hydrogen (secondary N) is 4. The number of thiazole rings is 2. The first-order valence-electron chi connectivity index (χ1n) is 15.0. The molecule has 14 nitrogen and oxygen atoms in total. The lowest BCUT2D eigenvalue weighted by Crippen LogP contribution is -2.57. The third-order valence-corrected chi connectivity index (χ3v) is 9.44. The Kier molecular flexibility index (Phi) is 11.3. The van der Waals surface area contributed by atoms with Crippen LogP contribution in [0, 0.1) is 11.8 Å². The van der Waals surface area contributed by atoms with E-state index < -0.39 is 53.7 Å². The number of rotatable bonds is 6. The molecule has 0 aromatic carbocycles. The van der Waals surface area contributed by atoms with Gasteiger partial charge < -0.3 is 31.9 Å². The minimum atomic E-state index is -0.942. The van der Waals surface area contributed by atoms with Gasteiger partial charge in [-0.15, -0.1) is 22.7 Å². The van der Waals surface area contributed by atoms with Crippen LogP contribution in [0.5, 0.6) is 0 Å². The SMILES string of the molecule is CC(C)C[C@@H]1NC(=O)[C@@H]2CCCN2C(=O)[C@H](C(C)C)NC(=O)c2csc(n2)CNC(=O)c2csc(n2)[C@@H](CCC(N)=O)NC1=O. The van der Waals surface area contributed by atoms with Crippen LogP contribution in [0.25, 0.3) is 0 Å². The van der Waals surface area contributed by atoms with Gasteiger partial charge in [0.15, 0.2) is 0 Å². The molecule has 1 fully saturated rings. The molecule has 6 amide bonds. The topological polar surface area (TPSA) is 206 Å². The highest BCUT2D eigenvalue weighted by Gasteiger charge is 2.40. The highest BCUT2D eigenvalue weighted by molar-refractivity contribution is 7.10. The number of aromatic nitrogens is 2.